The summed E-state index contributed by atoms with van der Waals surface area (Å²) < 4.78 is 27.5. The van der Waals surface area contributed by atoms with Gasteiger partial charge in [-0.25, -0.2) is 8.42 Å². The van der Waals surface area contributed by atoms with Crippen molar-refractivity contribution < 1.29 is 22.9 Å². The standard InChI is InChI=1S/C23H23N5O6S/c1-15-3-8-18(9-4-15)24-14-22(29)25-26-23(30)17-6-10-19(11-7-17)27-35(33,34)20-12-5-16(2)21(13-20)28(31)32/h3-13,24,27H,14H2,1-2H3,(H,25,29)(H,26,30). The molecule has 0 heterocycles. The molecule has 0 bridgehead atoms. The molecule has 4 N–H and O–H groups in total. The smallest absolute Gasteiger partial charge is 0.273 e. The molecule has 0 aromatic heterocycles. The van der Waals surface area contributed by atoms with E-state index in [1.165, 1.54) is 43.3 Å². The molecule has 35 heavy (non-hydrogen) atoms. The largest absolute Gasteiger partial charge is 0.376 e. The van der Waals surface area contributed by atoms with Crippen LogP contribution in [0.2, 0.25) is 0 Å². The summed E-state index contributed by atoms with van der Waals surface area (Å²) in [7, 11) is -4.09. The number of hydrogen-bond acceptors (Lipinski definition) is 7. The van der Waals surface area contributed by atoms with Crippen LogP contribution in [0.25, 0.3) is 0 Å². The summed E-state index contributed by atoms with van der Waals surface area (Å²) in [6.45, 7) is 3.40. The molecule has 12 heteroatoms. The van der Waals surface area contributed by atoms with E-state index < -0.39 is 26.8 Å². The summed E-state index contributed by atoms with van der Waals surface area (Å²) in [4.78, 5) is 34.4. The van der Waals surface area contributed by atoms with Gasteiger partial charge in [0.1, 0.15) is 0 Å². The number of nitro benzene ring substituents is 1. The molecule has 0 spiro atoms. The highest BCUT2D eigenvalue weighted by Gasteiger charge is 2.20. The van der Waals surface area contributed by atoms with Gasteiger partial charge in [0, 0.05) is 28.6 Å². The van der Waals surface area contributed by atoms with Gasteiger partial charge in [0.15, 0.2) is 0 Å². The third-order valence-electron chi connectivity index (χ3n) is 4.91. The molecule has 0 saturated carbocycles. The van der Waals surface area contributed by atoms with Gasteiger partial charge in [0.05, 0.1) is 16.4 Å². The lowest BCUT2D eigenvalue weighted by molar-refractivity contribution is -0.385. The maximum atomic E-state index is 12.6. The lowest BCUT2D eigenvalue weighted by Gasteiger charge is -2.11. The molecule has 0 aliphatic carbocycles. The molecule has 0 aliphatic heterocycles. The first-order valence-corrected chi connectivity index (χ1v) is 11.8. The van der Waals surface area contributed by atoms with Crippen LogP contribution in [0.3, 0.4) is 0 Å². The second-order valence-electron chi connectivity index (χ2n) is 7.61. The number of anilines is 2. The van der Waals surface area contributed by atoms with Crippen LogP contribution in [0.5, 0.6) is 0 Å². The van der Waals surface area contributed by atoms with E-state index >= 15 is 0 Å². The number of carbonyl (C=O) groups is 2. The van der Waals surface area contributed by atoms with E-state index in [-0.39, 0.29) is 28.4 Å². The number of rotatable bonds is 8. The molecule has 3 aromatic rings. The van der Waals surface area contributed by atoms with E-state index in [4.69, 9.17) is 0 Å². The second kappa shape index (κ2) is 10.7. The van der Waals surface area contributed by atoms with Crippen molar-refractivity contribution in [2.75, 3.05) is 16.6 Å². The number of hydrazine groups is 1. The summed E-state index contributed by atoms with van der Waals surface area (Å²) >= 11 is 0. The lowest BCUT2D eigenvalue weighted by atomic mass is 10.2. The molecule has 0 radical (unpaired) electrons. The van der Waals surface area contributed by atoms with Crippen molar-refractivity contribution in [3.8, 4) is 0 Å². The average molecular weight is 498 g/mol. The zero-order valence-electron chi connectivity index (χ0n) is 18.9. The van der Waals surface area contributed by atoms with Crippen molar-refractivity contribution >= 4 is 38.9 Å². The van der Waals surface area contributed by atoms with Crippen molar-refractivity contribution in [1.29, 1.82) is 0 Å². The Hall–Kier alpha value is -4.45. The maximum absolute atomic E-state index is 12.6. The molecule has 3 rings (SSSR count). The average Bonchev–Trinajstić information content (AvgIpc) is 2.82. The van der Waals surface area contributed by atoms with Crippen LogP contribution < -0.4 is 20.9 Å². The molecule has 0 saturated heterocycles. The zero-order valence-corrected chi connectivity index (χ0v) is 19.7. The summed E-state index contributed by atoms with van der Waals surface area (Å²) in [6, 6.07) is 16.5. The molecule has 0 unspecified atom stereocenters. The Bertz CT molecular complexity index is 1360. The zero-order chi connectivity index (χ0) is 25.6. The fourth-order valence-corrected chi connectivity index (χ4v) is 4.03. The summed E-state index contributed by atoms with van der Waals surface area (Å²) in [5, 5.41) is 14.0. The number of carbonyl (C=O) groups excluding carboxylic acids is 2. The predicted molar refractivity (Wildman–Crippen MR) is 130 cm³/mol. The van der Waals surface area contributed by atoms with E-state index in [1.54, 1.807) is 0 Å². The number of hydrogen-bond donors (Lipinski definition) is 4. The van der Waals surface area contributed by atoms with Gasteiger partial charge in [-0.1, -0.05) is 23.8 Å². The van der Waals surface area contributed by atoms with Gasteiger partial charge in [0.25, 0.3) is 27.5 Å². The Morgan fingerprint density at radius 1 is 0.886 bits per heavy atom. The highest BCUT2D eigenvalue weighted by atomic mass is 32.2. The van der Waals surface area contributed by atoms with Crippen LogP contribution in [0.1, 0.15) is 21.5 Å². The minimum atomic E-state index is -4.09. The van der Waals surface area contributed by atoms with Crippen LogP contribution in [-0.2, 0) is 14.8 Å². The van der Waals surface area contributed by atoms with E-state index in [0.29, 0.717) is 5.56 Å². The van der Waals surface area contributed by atoms with Gasteiger partial charge in [0.2, 0.25) is 0 Å². The fraction of sp³-hybridized carbons (Fsp3) is 0.130. The minimum Gasteiger partial charge on any atom is -0.376 e. The summed E-state index contributed by atoms with van der Waals surface area (Å²) in [5.74, 6) is -1.06. The SMILES string of the molecule is Cc1ccc(NCC(=O)NNC(=O)c2ccc(NS(=O)(=O)c3ccc(C)c([N+](=O)[O-])c3)cc2)cc1. The molecular weight excluding hydrogens is 474 g/mol. The quantitative estimate of drug-likeness (QED) is 0.275. The highest BCUT2D eigenvalue weighted by Crippen LogP contribution is 2.24. The number of benzene rings is 3. The van der Waals surface area contributed by atoms with Gasteiger partial charge in [-0.3, -0.25) is 35.3 Å². The van der Waals surface area contributed by atoms with Gasteiger partial charge in [-0.2, -0.15) is 0 Å². The topological polar surface area (TPSA) is 160 Å². The Labute approximate surface area is 201 Å². The maximum Gasteiger partial charge on any atom is 0.273 e. The molecule has 2 amide bonds. The van der Waals surface area contributed by atoms with Crippen molar-refractivity contribution in [1.82, 2.24) is 10.9 Å². The summed E-state index contributed by atoms with van der Waals surface area (Å²) in [5.41, 5.74) is 6.76. The third-order valence-corrected chi connectivity index (χ3v) is 6.29. The number of aryl methyl sites for hydroxylation is 2. The van der Waals surface area contributed by atoms with Gasteiger partial charge in [-0.15, -0.1) is 0 Å². The van der Waals surface area contributed by atoms with Crippen LogP contribution in [-0.4, -0.2) is 31.7 Å². The number of nitro groups is 1. The van der Waals surface area contributed by atoms with E-state index in [9.17, 15) is 28.1 Å². The van der Waals surface area contributed by atoms with Crippen molar-refractivity contribution in [3.63, 3.8) is 0 Å². The van der Waals surface area contributed by atoms with Crippen LogP contribution in [0.4, 0.5) is 17.1 Å². The molecule has 0 atom stereocenters. The molecule has 0 fully saturated rings. The van der Waals surface area contributed by atoms with Crippen molar-refractivity contribution in [2.24, 2.45) is 0 Å². The Kier molecular flexibility index (Phi) is 7.66. The molecule has 182 valence electrons. The number of nitrogens with zero attached hydrogens (tertiary/aromatic N) is 1. The van der Waals surface area contributed by atoms with Crippen LogP contribution >= 0.6 is 0 Å². The molecule has 3 aromatic carbocycles. The van der Waals surface area contributed by atoms with Crippen molar-refractivity contribution in [3.05, 3.63) is 93.5 Å². The van der Waals surface area contributed by atoms with Gasteiger partial charge < -0.3 is 5.32 Å². The Morgan fingerprint density at radius 2 is 1.51 bits per heavy atom. The normalized spacial score (nSPS) is 10.8. The van der Waals surface area contributed by atoms with E-state index in [1.807, 2.05) is 31.2 Å². The monoisotopic (exact) mass is 497 g/mol. The van der Waals surface area contributed by atoms with Gasteiger partial charge in [-0.05, 0) is 56.3 Å². The number of amides is 2. The lowest BCUT2D eigenvalue weighted by Crippen LogP contribution is -2.44. The first kappa shape index (κ1) is 25.2. The first-order chi connectivity index (χ1) is 16.5. The van der Waals surface area contributed by atoms with E-state index in [2.05, 4.69) is 20.9 Å². The Balaban J connectivity index is 1.55. The summed E-state index contributed by atoms with van der Waals surface area (Å²) in [6.07, 6.45) is 0. The molecule has 0 aliphatic rings. The predicted octanol–water partition coefficient (Wildman–Crippen LogP) is 2.89. The second-order valence-corrected chi connectivity index (χ2v) is 9.29. The van der Waals surface area contributed by atoms with Crippen LogP contribution in [0, 0.1) is 24.0 Å². The van der Waals surface area contributed by atoms with Gasteiger partial charge >= 0.3 is 0 Å². The number of sulfonamides is 1. The first-order valence-electron chi connectivity index (χ1n) is 10.3. The van der Waals surface area contributed by atoms with E-state index in [0.717, 1.165) is 17.3 Å². The Morgan fingerprint density at radius 3 is 2.14 bits per heavy atom. The van der Waals surface area contributed by atoms with Crippen molar-refractivity contribution in [2.45, 2.75) is 18.7 Å². The number of nitrogens with one attached hydrogen (secondary N) is 4. The molecular formula is C23H23N5O6S. The molecule has 11 nitrogen and oxygen atoms in total. The fourth-order valence-electron chi connectivity index (χ4n) is 2.95. The highest BCUT2D eigenvalue weighted by molar-refractivity contribution is 7.92. The third kappa shape index (κ3) is 6.77. The van der Waals surface area contributed by atoms with Crippen LogP contribution in [0.15, 0.2) is 71.6 Å². The minimum absolute atomic E-state index is 0.0543.